The van der Waals surface area contributed by atoms with Crippen LogP contribution in [0, 0.1) is 13.8 Å². The Labute approximate surface area is 262 Å². The Morgan fingerprint density at radius 1 is 0.953 bits per heavy atom. The van der Waals surface area contributed by atoms with E-state index in [1.165, 1.54) is 28.6 Å². The number of nitrogens with one attached hydrogen (secondary N) is 1. The molecule has 1 N–H and O–H groups in total. The highest BCUT2D eigenvalue weighted by Crippen LogP contribution is 2.27. The van der Waals surface area contributed by atoms with Crippen LogP contribution in [-0.2, 0) is 19.6 Å². The number of hydrogen-bond acceptors (Lipinski definition) is 6. The normalized spacial score (nSPS) is 14.3. The third-order valence-electron chi connectivity index (χ3n) is 7.41. The predicted octanol–water partition coefficient (Wildman–Crippen LogP) is 5.42. The van der Waals surface area contributed by atoms with Crippen molar-refractivity contribution in [2.75, 3.05) is 51.3 Å². The van der Waals surface area contributed by atoms with Crippen LogP contribution in [0.3, 0.4) is 0 Å². The summed E-state index contributed by atoms with van der Waals surface area (Å²) >= 11 is 12.1. The quantitative estimate of drug-likeness (QED) is 0.248. The number of benzene rings is 3. The van der Waals surface area contributed by atoms with Gasteiger partial charge in [-0.25, -0.2) is 13.4 Å². The number of halogens is 2. The van der Waals surface area contributed by atoms with Crippen molar-refractivity contribution in [3.63, 3.8) is 0 Å². The number of hydrogen-bond donors (Lipinski definition) is 1. The summed E-state index contributed by atoms with van der Waals surface area (Å²) in [6.45, 7) is 6.79. The minimum Gasteiger partial charge on any atom is -0.379 e. The van der Waals surface area contributed by atoms with E-state index in [0.29, 0.717) is 48.6 Å². The van der Waals surface area contributed by atoms with Gasteiger partial charge in [-0.2, -0.15) is 4.31 Å². The number of aromatic nitrogens is 2. The van der Waals surface area contributed by atoms with Crippen molar-refractivity contribution >= 4 is 45.1 Å². The van der Waals surface area contributed by atoms with Gasteiger partial charge in [0.15, 0.2) is 0 Å². The number of imidazole rings is 1. The zero-order valence-electron chi connectivity index (χ0n) is 24.0. The van der Waals surface area contributed by atoms with Crippen LogP contribution in [0.1, 0.15) is 11.1 Å². The van der Waals surface area contributed by atoms with E-state index >= 15 is 0 Å². The Bertz CT molecular complexity index is 1690. The number of sulfonamides is 1. The fourth-order valence-corrected chi connectivity index (χ4v) is 6.38. The average molecular weight is 643 g/mol. The maximum Gasteiger partial charge on any atom is 0.243 e. The van der Waals surface area contributed by atoms with Gasteiger partial charge in [0, 0.05) is 53.7 Å². The first-order chi connectivity index (χ1) is 20.6. The van der Waals surface area contributed by atoms with E-state index in [1.54, 1.807) is 16.7 Å². The van der Waals surface area contributed by atoms with Crippen molar-refractivity contribution in [1.29, 1.82) is 0 Å². The molecule has 1 fully saturated rings. The molecule has 0 bridgehead atoms. The Balaban J connectivity index is 1.43. The fraction of sp³-hybridized carbons (Fsp3) is 0.290. The fourth-order valence-electron chi connectivity index (χ4n) is 4.74. The summed E-state index contributed by atoms with van der Waals surface area (Å²) in [4.78, 5) is 20.5. The van der Waals surface area contributed by atoms with Crippen molar-refractivity contribution in [2.24, 2.45) is 0 Å². The highest BCUT2D eigenvalue weighted by Gasteiger charge is 2.28. The molecule has 0 unspecified atom stereocenters. The molecule has 3 aromatic carbocycles. The van der Waals surface area contributed by atoms with Crippen molar-refractivity contribution < 1.29 is 17.9 Å². The van der Waals surface area contributed by atoms with Crippen LogP contribution in [0.15, 0.2) is 77.8 Å². The molecule has 1 amide bonds. The van der Waals surface area contributed by atoms with Gasteiger partial charge in [-0.3, -0.25) is 19.6 Å². The van der Waals surface area contributed by atoms with E-state index < -0.39 is 22.5 Å². The first-order valence-electron chi connectivity index (χ1n) is 13.9. The van der Waals surface area contributed by atoms with E-state index in [2.05, 4.69) is 10.2 Å². The highest BCUT2D eigenvalue weighted by molar-refractivity contribution is 7.89. The lowest BCUT2D eigenvalue weighted by molar-refractivity contribution is -0.116. The van der Waals surface area contributed by atoms with Crippen LogP contribution >= 0.6 is 23.2 Å². The van der Waals surface area contributed by atoms with Gasteiger partial charge < -0.3 is 4.74 Å². The van der Waals surface area contributed by atoms with E-state index in [-0.39, 0.29) is 17.4 Å². The molecule has 9 nitrogen and oxygen atoms in total. The van der Waals surface area contributed by atoms with Crippen LogP contribution < -0.4 is 5.32 Å². The first-order valence-corrected chi connectivity index (χ1v) is 16.1. The van der Waals surface area contributed by atoms with Crippen LogP contribution in [0.5, 0.6) is 0 Å². The number of nitrogens with zero attached hydrogens (tertiary/aromatic N) is 4. The Kier molecular flexibility index (Phi) is 9.85. The van der Waals surface area contributed by atoms with Crippen molar-refractivity contribution in [2.45, 2.75) is 18.7 Å². The monoisotopic (exact) mass is 641 g/mol. The third kappa shape index (κ3) is 7.64. The molecule has 0 atom stereocenters. The van der Waals surface area contributed by atoms with Crippen LogP contribution in [0.4, 0.5) is 5.95 Å². The molecular weight excluding hydrogens is 609 g/mol. The topological polar surface area (TPSA) is 96.8 Å². The molecular formula is C31H33Cl2N5O4S. The van der Waals surface area contributed by atoms with Gasteiger partial charge in [-0.15, -0.1) is 0 Å². The number of aryl methyl sites for hydroxylation is 2. The van der Waals surface area contributed by atoms with Gasteiger partial charge in [-0.1, -0.05) is 41.4 Å². The molecule has 43 heavy (non-hydrogen) atoms. The lowest BCUT2D eigenvalue weighted by Crippen LogP contribution is -2.45. The summed E-state index contributed by atoms with van der Waals surface area (Å²) in [5.41, 5.74) is 4.47. The van der Waals surface area contributed by atoms with Gasteiger partial charge in [0.05, 0.1) is 30.3 Å². The molecule has 5 rings (SSSR count). The van der Waals surface area contributed by atoms with E-state index in [9.17, 15) is 13.2 Å². The number of amides is 1. The number of morpholine rings is 1. The molecule has 4 aromatic rings. The van der Waals surface area contributed by atoms with Crippen LogP contribution in [-0.4, -0.2) is 79.0 Å². The zero-order chi connectivity index (χ0) is 30.6. The van der Waals surface area contributed by atoms with Gasteiger partial charge in [0.1, 0.15) is 0 Å². The second kappa shape index (κ2) is 13.6. The number of carbonyl (C=O) groups excluding carboxylic acids is 1. The average Bonchev–Trinajstić information content (AvgIpc) is 3.41. The third-order valence-corrected chi connectivity index (χ3v) is 9.77. The molecule has 226 valence electrons. The van der Waals surface area contributed by atoms with Gasteiger partial charge in [0.2, 0.25) is 21.9 Å². The maximum atomic E-state index is 13.7. The van der Waals surface area contributed by atoms with Crippen LogP contribution in [0.25, 0.3) is 16.9 Å². The summed E-state index contributed by atoms with van der Waals surface area (Å²) in [5.74, 6) is -0.243. The van der Waals surface area contributed by atoms with Gasteiger partial charge in [-0.05, 0) is 73.5 Å². The molecule has 0 spiro atoms. The highest BCUT2D eigenvalue weighted by atomic mass is 35.5. The molecule has 0 radical (unpaired) electrons. The van der Waals surface area contributed by atoms with Crippen LogP contribution in [0.2, 0.25) is 10.0 Å². The smallest absolute Gasteiger partial charge is 0.243 e. The number of rotatable bonds is 10. The molecule has 1 aromatic heterocycles. The summed E-state index contributed by atoms with van der Waals surface area (Å²) in [5, 5.41) is 3.90. The number of carbonyl (C=O) groups is 1. The van der Waals surface area contributed by atoms with Crippen molar-refractivity contribution in [1.82, 2.24) is 18.8 Å². The SMILES string of the molecule is Cc1ccc(-n2cc(-c3ccc(Cl)cc3)nc2NC(=O)CN(CCN2CCOCC2)S(=O)(=O)c2ccc(Cl)cc2)cc1C. The van der Waals surface area contributed by atoms with E-state index in [0.717, 1.165) is 22.4 Å². The molecule has 12 heteroatoms. The molecule has 2 heterocycles. The predicted molar refractivity (Wildman–Crippen MR) is 170 cm³/mol. The minimum atomic E-state index is -4.00. The van der Waals surface area contributed by atoms with Gasteiger partial charge in [0.25, 0.3) is 0 Å². The summed E-state index contributed by atoms with van der Waals surface area (Å²) in [6.07, 6.45) is 1.84. The Morgan fingerprint density at radius 3 is 2.26 bits per heavy atom. The Morgan fingerprint density at radius 2 is 1.60 bits per heavy atom. The number of anilines is 1. The molecule has 1 aliphatic rings. The standard InChI is InChI=1S/C31H33Cl2N5O4S/c1-22-3-10-27(19-23(22)2)38-20-29(24-4-6-25(32)7-5-24)34-31(38)35-30(39)21-37(14-13-36-15-17-42-18-16-36)43(40,41)28-11-8-26(33)9-12-28/h3-12,19-20H,13-18,21H2,1-2H3,(H,34,35,39). The lowest BCUT2D eigenvalue weighted by Gasteiger charge is -2.29. The first kappa shape index (κ1) is 31.2. The van der Waals surface area contributed by atoms with Crippen molar-refractivity contribution in [3.05, 3.63) is 94.1 Å². The minimum absolute atomic E-state index is 0.0633. The molecule has 1 saturated heterocycles. The maximum absolute atomic E-state index is 13.7. The second-order valence-corrected chi connectivity index (χ2v) is 13.2. The summed E-state index contributed by atoms with van der Waals surface area (Å²) in [6, 6.07) is 19.2. The molecule has 1 aliphatic heterocycles. The molecule has 0 aliphatic carbocycles. The largest absolute Gasteiger partial charge is 0.379 e. The van der Waals surface area contributed by atoms with Gasteiger partial charge >= 0.3 is 0 Å². The summed E-state index contributed by atoms with van der Waals surface area (Å²) in [7, 11) is -4.00. The van der Waals surface area contributed by atoms with E-state index in [1.807, 2.05) is 50.4 Å². The second-order valence-electron chi connectivity index (χ2n) is 10.4. The zero-order valence-corrected chi connectivity index (χ0v) is 26.3. The number of ether oxygens (including phenoxy) is 1. The lowest BCUT2D eigenvalue weighted by atomic mass is 10.1. The van der Waals surface area contributed by atoms with E-state index in [4.69, 9.17) is 32.9 Å². The van der Waals surface area contributed by atoms with Crippen molar-refractivity contribution in [3.8, 4) is 16.9 Å². The summed E-state index contributed by atoms with van der Waals surface area (Å²) < 4.78 is 35.8. The Hall–Kier alpha value is -3.25. The molecule has 0 saturated carbocycles.